The molecule has 0 spiro atoms. The van der Waals surface area contributed by atoms with E-state index in [1.54, 1.807) is 6.08 Å². The summed E-state index contributed by atoms with van der Waals surface area (Å²) in [5.74, 6) is -0.0408. The molecule has 464 valence electrons. The molecule has 0 aliphatic rings. The van der Waals surface area contributed by atoms with E-state index in [2.05, 4.69) is 19.2 Å². The van der Waals surface area contributed by atoms with E-state index in [0.717, 1.165) is 38.5 Å². The summed E-state index contributed by atoms with van der Waals surface area (Å²) in [6.07, 6.45) is 84.4. The van der Waals surface area contributed by atoms with Crippen LogP contribution in [0.3, 0.4) is 0 Å². The van der Waals surface area contributed by atoms with E-state index in [1.807, 2.05) is 6.08 Å². The van der Waals surface area contributed by atoms with Crippen molar-refractivity contribution >= 4 is 11.9 Å². The first-order valence-corrected chi connectivity index (χ1v) is 36.0. The minimum absolute atomic E-state index is 0.0191. The van der Waals surface area contributed by atoms with E-state index >= 15 is 0 Å². The Kier molecular flexibility index (Phi) is 66.9. The summed E-state index contributed by atoms with van der Waals surface area (Å²) >= 11 is 0. The van der Waals surface area contributed by atoms with Gasteiger partial charge >= 0.3 is 5.97 Å². The number of nitrogens with one attached hydrogen (secondary N) is 1. The van der Waals surface area contributed by atoms with Crippen LogP contribution >= 0.6 is 0 Å². The molecule has 0 aromatic heterocycles. The van der Waals surface area contributed by atoms with E-state index in [0.29, 0.717) is 19.4 Å². The molecular formula is C72H141NO5. The molecular weight excluding hydrogens is 959 g/mol. The lowest BCUT2D eigenvalue weighted by Gasteiger charge is -2.20. The van der Waals surface area contributed by atoms with Crippen LogP contribution in [0.2, 0.25) is 0 Å². The Bertz CT molecular complexity index is 1180. The number of unbranched alkanes of at least 4 members (excludes halogenated alkanes) is 57. The number of allylic oxidation sites excluding steroid dienone is 1. The van der Waals surface area contributed by atoms with Crippen molar-refractivity contribution in [3.63, 3.8) is 0 Å². The molecule has 0 fully saturated rings. The second kappa shape index (κ2) is 68.1. The molecule has 78 heavy (non-hydrogen) atoms. The fourth-order valence-corrected chi connectivity index (χ4v) is 11.6. The molecule has 3 N–H and O–H groups in total. The fraction of sp³-hybridized carbons (Fsp3) is 0.944. The van der Waals surface area contributed by atoms with Crippen LogP contribution in [-0.4, -0.2) is 47.4 Å². The van der Waals surface area contributed by atoms with Crippen molar-refractivity contribution in [2.75, 3.05) is 13.2 Å². The Labute approximate surface area is 489 Å². The van der Waals surface area contributed by atoms with Crippen molar-refractivity contribution in [3.05, 3.63) is 12.2 Å². The summed E-state index contributed by atoms with van der Waals surface area (Å²) in [5.41, 5.74) is 0. The van der Waals surface area contributed by atoms with Gasteiger partial charge in [-0.2, -0.15) is 0 Å². The lowest BCUT2D eigenvalue weighted by Crippen LogP contribution is -2.45. The van der Waals surface area contributed by atoms with Gasteiger partial charge in [0.2, 0.25) is 5.91 Å². The van der Waals surface area contributed by atoms with Crippen molar-refractivity contribution in [2.24, 2.45) is 0 Å². The molecule has 1 amide bonds. The smallest absolute Gasteiger partial charge is 0.305 e. The normalized spacial score (nSPS) is 12.5. The Morgan fingerprint density at radius 3 is 0.872 bits per heavy atom. The van der Waals surface area contributed by atoms with Crippen molar-refractivity contribution in [2.45, 2.75) is 424 Å². The quantitative estimate of drug-likeness (QED) is 0.0320. The number of carbonyl (C=O) groups is 2. The summed E-state index contributed by atoms with van der Waals surface area (Å²) in [5, 5.41) is 23.3. The topological polar surface area (TPSA) is 95.9 Å². The molecule has 6 heteroatoms. The number of esters is 1. The van der Waals surface area contributed by atoms with Gasteiger partial charge in [-0.25, -0.2) is 0 Å². The highest BCUT2D eigenvalue weighted by Gasteiger charge is 2.18. The molecule has 0 aliphatic heterocycles. The summed E-state index contributed by atoms with van der Waals surface area (Å²) in [7, 11) is 0. The molecule has 0 saturated heterocycles. The molecule has 0 rings (SSSR count). The summed E-state index contributed by atoms with van der Waals surface area (Å²) < 4.78 is 5.48. The zero-order valence-electron chi connectivity index (χ0n) is 53.2. The van der Waals surface area contributed by atoms with Gasteiger partial charge < -0.3 is 20.3 Å². The number of carbonyl (C=O) groups excluding carboxylic acids is 2. The maximum atomic E-state index is 12.5. The zero-order valence-corrected chi connectivity index (χ0v) is 53.2. The number of hydrogen-bond acceptors (Lipinski definition) is 5. The van der Waals surface area contributed by atoms with Gasteiger partial charge in [0.15, 0.2) is 0 Å². The minimum Gasteiger partial charge on any atom is -0.466 e. The second-order valence-electron chi connectivity index (χ2n) is 24.9. The van der Waals surface area contributed by atoms with Crippen LogP contribution in [0, 0.1) is 0 Å². The van der Waals surface area contributed by atoms with Crippen LogP contribution in [0.15, 0.2) is 12.2 Å². The highest BCUT2D eigenvalue weighted by Crippen LogP contribution is 2.19. The summed E-state index contributed by atoms with van der Waals surface area (Å²) in [4.78, 5) is 24.5. The predicted molar refractivity (Wildman–Crippen MR) is 343 cm³/mol. The van der Waals surface area contributed by atoms with E-state index in [4.69, 9.17) is 4.74 Å². The first kappa shape index (κ1) is 76.6. The lowest BCUT2D eigenvalue weighted by molar-refractivity contribution is -0.143. The van der Waals surface area contributed by atoms with Crippen LogP contribution in [0.4, 0.5) is 0 Å². The molecule has 0 bridgehead atoms. The third-order valence-electron chi connectivity index (χ3n) is 17.1. The molecule has 6 nitrogen and oxygen atoms in total. The number of aliphatic hydroxyl groups is 2. The Morgan fingerprint density at radius 2 is 0.590 bits per heavy atom. The van der Waals surface area contributed by atoms with Crippen LogP contribution in [-0.2, 0) is 14.3 Å². The average Bonchev–Trinajstić information content (AvgIpc) is 3.44. The minimum atomic E-state index is -0.843. The van der Waals surface area contributed by atoms with Gasteiger partial charge in [0, 0.05) is 12.8 Å². The van der Waals surface area contributed by atoms with Crippen molar-refractivity contribution in [3.8, 4) is 0 Å². The van der Waals surface area contributed by atoms with Crippen molar-refractivity contribution in [1.29, 1.82) is 0 Å². The average molecular weight is 1100 g/mol. The van der Waals surface area contributed by atoms with Crippen LogP contribution in [0.1, 0.15) is 412 Å². The lowest BCUT2D eigenvalue weighted by atomic mass is 10.0. The first-order valence-electron chi connectivity index (χ1n) is 36.0. The number of ether oxygens (including phenoxy) is 1. The largest absolute Gasteiger partial charge is 0.466 e. The van der Waals surface area contributed by atoms with Crippen LogP contribution in [0.5, 0.6) is 0 Å². The van der Waals surface area contributed by atoms with Gasteiger partial charge in [-0.3, -0.25) is 9.59 Å². The van der Waals surface area contributed by atoms with Crippen LogP contribution < -0.4 is 5.32 Å². The monoisotopic (exact) mass is 1100 g/mol. The highest BCUT2D eigenvalue weighted by molar-refractivity contribution is 5.76. The van der Waals surface area contributed by atoms with Crippen molar-refractivity contribution in [1.82, 2.24) is 5.32 Å². The Morgan fingerprint density at radius 1 is 0.346 bits per heavy atom. The molecule has 2 unspecified atom stereocenters. The number of rotatable bonds is 68. The van der Waals surface area contributed by atoms with Gasteiger partial charge in [0.1, 0.15) is 0 Å². The van der Waals surface area contributed by atoms with Crippen molar-refractivity contribution < 1.29 is 24.5 Å². The van der Waals surface area contributed by atoms with E-state index in [-0.39, 0.29) is 18.5 Å². The molecule has 0 aliphatic carbocycles. The number of aliphatic hydroxyl groups excluding tert-OH is 2. The number of amides is 1. The predicted octanol–water partition coefficient (Wildman–Crippen LogP) is 23.1. The Hall–Kier alpha value is -1.40. The SMILES string of the molecule is CCCCCCCCCCCCCCCCCCCCCC/C=C/C(O)C(CO)NC(=O)CCCCCCCCCCCCCCCCCCCCCCCCCCCCCCOC(=O)CCCCCCCCCCCCC. The van der Waals surface area contributed by atoms with Gasteiger partial charge in [0.05, 0.1) is 25.4 Å². The maximum absolute atomic E-state index is 12.5. The van der Waals surface area contributed by atoms with E-state index in [9.17, 15) is 19.8 Å². The second-order valence-corrected chi connectivity index (χ2v) is 24.9. The van der Waals surface area contributed by atoms with Gasteiger partial charge in [-0.15, -0.1) is 0 Å². The van der Waals surface area contributed by atoms with Gasteiger partial charge in [0.25, 0.3) is 0 Å². The van der Waals surface area contributed by atoms with Gasteiger partial charge in [-0.05, 0) is 32.1 Å². The standard InChI is InChI=1S/C72H141NO5/c1-3-5-7-9-11-13-15-16-17-18-19-20-29-32-35-38-41-45-48-52-56-60-64-70(75)69(68-74)73-71(76)65-61-57-53-49-46-42-39-36-33-30-27-25-23-21-22-24-26-28-31-34-37-40-43-47-51-55-59-63-67-78-72(77)66-62-58-54-50-44-14-12-10-8-6-4-2/h60,64,69-70,74-75H,3-59,61-63,65-68H2,1-2H3,(H,73,76)/b64-60+. The van der Waals surface area contributed by atoms with Crippen LogP contribution in [0.25, 0.3) is 0 Å². The molecule has 2 atom stereocenters. The summed E-state index contributed by atoms with van der Waals surface area (Å²) in [6.45, 7) is 4.95. The molecule has 0 aromatic rings. The fourth-order valence-electron chi connectivity index (χ4n) is 11.6. The molecule has 0 saturated carbocycles. The highest BCUT2D eigenvalue weighted by atomic mass is 16.5. The summed E-state index contributed by atoms with van der Waals surface area (Å²) in [6, 6.07) is -0.626. The zero-order chi connectivity index (χ0) is 56.4. The molecule has 0 heterocycles. The molecule has 0 radical (unpaired) electrons. The Balaban J connectivity index is 3.37. The number of hydrogen-bond donors (Lipinski definition) is 3. The molecule has 0 aromatic carbocycles. The third-order valence-corrected chi connectivity index (χ3v) is 17.1. The third kappa shape index (κ3) is 63.8. The first-order chi connectivity index (χ1) is 38.5. The van der Waals surface area contributed by atoms with Gasteiger partial charge in [-0.1, -0.05) is 379 Å². The maximum Gasteiger partial charge on any atom is 0.305 e. The van der Waals surface area contributed by atoms with E-state index < -0.39 is 12.1 Å². The van der Waals surface area contributed by atoms with E-state index in [1.165, 1.54) is 347 Å².